The quantitative estimate of drug-likeness (QED) is 0.683. The molecule has 1 aliphatic rings. The highest BCUT2D eigenvalue weighted by atomic mass is 16.2. The topological polar surface area (TPSA) is 62.6 Å². The van der Waals surface area contributed by atoms with E-state index in [1.54, 1.807) is 0 Å². The van der Waals surface area contributed by atoms with Crippen molar-refractivity contribution in [2.45, 2.75) is 32.2 Å². The van der Waals surface area contributed by atoms with Crippen LogP contribution >= 0.6 is 0 Å². The summed E-state index contributed by atoms with van der Waals surface area (Å²) in [5.74, 6) is -0.219. The average Bonchev–Trinajstić information content (AvgIpc) is 2.52. The highest BCUT2D eigenvalue weighted by Gasteiger charge is 2.27. The van der Waals surface area contributed by atoms with E-state index < -0.39 is 0 Å². The third kappa shape index (κ3) is 4.31. The van der Waals surface area contributed by atoms with Gasteiger partial charge in [-0.2, -0.15) is 0 Å². The first kappa shape index (κ1) is 16.5. The van der Waals surface area contributed by atoms with E-state index in [9.17, 15) is 9.59 Å². The number of hydrogen-bond acceptors (Lipinski definition) is 2. The molecule has 3 N–H and O–H groups in total. The normalized spacial score (nSPS) is 18.2. The van der Waals surface area contributed by atoms with Crippen LogP contribution in [0.15, 0.2) is 24.3 Å². The first-order valence-electron chi connectivity index (χ1n) is 8.05. The maximum Gasteiger partial charge on any atom is 0.275 e. The number of aryl methyl sites for hydroxylation is 1. The van der Waals surface area contributed by atoms with Crippen LogP contribution in [0.25, 0.3) is 0 Å². The minimum absolute atomic E-state index is 0.0568. The molecular formula is C17H26N3O2+. The van der Waals surface area contributed by atoms with Crippen LogP contribution < -0.4 is 15.5 Å². The summed E-state index contributed by atoms with van der Waals surface area (Å²) in [6.45, 7) is 2.89. The van der Waals surface area contributed by atoms with E-state index in [0.717, 1.165) is 12.8 Å². The second-order valence-corrected chi connectivity index (χ2v) is 5.90. The van der Waals surface area contributed by atoms with E-state index in [1.165, 1.54) is 22.4 Å². The molecule has 1 unspecified atom stereocenters. The van der Waals surface area contributed by atoms with Gasteiger partial charge >= 0.3 is 0 Å². The smallest absolute Gasteiger partial charge is 0.275 e. The summed E-state index contributed by atoms with van der Waals surface area (Å²) in [6, 6.07) is 8.87. The molecule has 0 saturated carbocycles. The van der Waals surface area contributed by atoms with Crippen molar-refractivity contribution in [1.29, 1.82) is 0 Å². The predicted octanol–water partition coefficient (Wildman–Crippen LogP) is -0.169. The van der Waals surface area contributed by atoms with Gasteiger partial charge in [-0.3, -0.25) is 9.59 Å². The lowest BCUT2D eigenvalue weighted by Gasteiger charge is -2.30. The average molecular weight is 304 g/mol. The van der Waals surface area contributed by atoms with Crippen LogP contribution in [-0.2, 0) is 16.0 Å². The summed E-state index contributed by atoms with van der Waals surface area (Å²) in [7, 11) is 2.05. The fourth-order valence-electron chi connectivity index (χ4n) is 3.14. The van der Waals surface area contributed by atoms with Crippen LogP contribution in [0, 0.1) is 0 Å². The van der Waals surface area contributed by atoms with Crippen LogP contribution in [0.1, 0.15) is 36.9 Å². The summed E-state index contributed by atoms with van der Waals surface area (Å²) in [6.07, 6.45) is 3.40. The first-order valence-corrected chi connectivity index (χ1v) is 8.05. The number of fused-ring (bicyclic) bond motifs is 1. The molecule has 0 saturated heterocycles. The van der Waals surface area contributed by atoms with Crippen molar-refractivity contribution in [3.63, 3.8) is 0 Å². The molecule has 0 bridgehead atoms. The van der Waals surface area contributed by atoms with Crippen molar-refractivity contribution in [3.05, 3.63) is 35.4 Å². The Bertz CT molecular complexity index is 530. The van der Waals surface area contributed by atoms with E-state index in [2.05, 4.69) is 41.9 Å². The van der Waals surface area contributed by atoms with Gasteiger partial charge in [0, 0.05) is 18.5 Å². The van der Waals surface area contributed by atoms with Crippen LogP contribution in [-0.4, -0.2) is 38.5 Å². The Kier molecular flexibility index (Phi) is 5.95. The third-order valence-corrected chi connectivity index (χ3v) is 4.22. The maximum atomic E-state index is 12.0. The molecule has 0 spiro atoms. The monoisotopic (exact) mass is 304 g/mol. The second-order valence-electron chi connectivity index (χ2n) is 5.90. The summed E-state index contributed by atoms with van der Waals surface area (Å²) in [4.78, 5) is 24.6. The summed E-state index contributed by atoms with van der Waals surface area (Å²) in [5.41, 5.74) is 2.77. The molecule has 0 heterocycles. The summed E-state index contributed by atoms with van der Waals surface area (Å²) < 4.78 is 0. The van der Waals surface area contributed by atoms with Gasteiger partial charge in [0.2, 0.25) is 5.91 Å². The number of benzene rings is 1. The number of carbonyl (C=O) groups is 2. The lowest BCUT2D eigenvalue weighted by Crippen LogP contribution is -3.10. The van der Waals surface area contributed by atoms with Crippen LogP contribution in [0.3, 0.4) is 0 Å². The first-order chi connectivity index (χ1) is 10.6. The zero-order valence-corrected chi connectivity index (χ0v) is 13.4. The number of quaternary nitrogens is 1. The summed E-state index contributed by atoms with van der Waals surface area (Å²) in [5, 5.41) is 5.36. The zero-order chi connectivity index (χ0) is 15.9. The molecule has 1 aromatic carbocycles. The van der Waals surface area contributed by atoms with E-state index in [1.807, 2.05) is 6.92 Å². The van der Waals surface area contributed by atoms with Gasteiger partial charge in [0.05, 0.1) is 13.6 Å². The molecule has 0 aliphatic heterocycles. The standard InChI is InChI=1S/C17H25N3O2/c1-3-18-16(21)11-19-17(22)12-20(2)15-10-6-8-13-7-4-5-9-14(13)15/h4-5,7,9,15H,3,6,8,10-12H2,1-2H3,(H,18,21)(H,19,22)/p+1/t15-/m1/s1. The number of nitrogens with one attached hydrogen (secondary N) is 3. The van der Waals surface area contributed by atoms with Crippen molar-refractivity contribution < 1.29 is 14.5 Å². The Labute approximate surface area is 132 Å². The molecule has 2 atom stereocenters. The van der Waals surface area contributed by atoms with Gasteiger partial charge in [-0.25, -0.2) is 0 Å². The van der Waals surface area contributed by atoms with Crippen molar-refractivity contribution in [2.24, 2.45) is 0 Å². The molecule has 1 aromatic rings. The second kappa shape index (κ2) is 7.94. The lowest BCUT2D eigenvalue weighted by atomic mass is 9.87. The molecule has 22 heavy (non-hydrogen) atoms. The Morgan fingerprint density at radius 3 is 2.77 bits per heavy atom. The van der Waals surface area contributed by atoms with Crippen LogP contribution in [0.4, 0.5) is 0 Å². The molecule has 0 fully saturated rings. The molecule has 5 heteroatoms. The molecule has 0 aromatic heterocycles. The van der Waals surface area contributed by atoms with Gasteiger partial charge in [-0.1, -0.05) is 24.3 Å². The molecule has 120 valence electrons. The van der Waals surface area contributed by atoms with Crippen LogP contribution in [0.2, 0.25) is 0 Å². The van der Waals surface area contributed by atoms with E-state index >= 15 is 0 Å². The molecular weight excluding hydrogens is 278 g/mol. The maximum absolute atomic E-state index is 12.0. The number of likely N-dealkylation sites (N-methyl/N-ethyl adjacent to an activating group) is 2. The number of amides is 2. The fourth-order valence-corrected chi connectivity index (χ4v) is 3.14. The number of rotatable bonds is 6. The van der Waals surface area contributed by atoms with Gasteiger partial charge in [0.1, 0.15) is 6.04 Å². The number of carbonyl (C=O) groups excluding carboxylic acids is 2. The van der Waals surface area contributed by atoms with Crippen molar-refractivity contribution >= 4 is 11.8 Å². The van der Waals surface area contributed by atoms with Crippen molar-refractivity contribution in [2.75, 3.05) is 26.7 Å². The third-order valence-electron chi connectivity index (χ3n) is 4.22. The zero-order valence-electron chi connectivity index (χ0n) is 13.4. The molecule has 2 rings (SSSR count). The molecule has 0 radical (unpaired) electrons. The largest absolute Gasteiger partial charge is 0.355 e. The molecule has 2 amide bonds. The Hall–Kier alpha value is -1.88. The Morgan fingerprint density at radius 1 is 1.23 bits per heavy atom. The lowest BCUT2D eigenvalue weighted by molar-refractivity contribution is -0.905. The highest BCUT2D eigenvalue weighted by Crippen LogP contribution is 2.27. The predicted molar refractivity (Wildman–Crippen MR) is 85.6 cm³/mol. The fraction of sp³-hybridized carbons (Fsp3) is 0.529. The van der Waals surface area contributed by atoms with Gasteiger partial charge < -0.3 is 15.5 Å². The SMILES string of the molecule is CCNC(=O)CNC(=O)C[NH+](C)[C@@H]1CCCc2ccccc21. The van der Waals surface area contributed by atoms with E-state index in [0.29, 0.717) is 19.1 Å². The van der Waals surface area contributed by atoms with E-state index in [-0.39, 0.29) is 18.4 Å². The Balaban J connectivity index is 1.89. The van der Waals surface area contributed by atoms with Gasteiger partial charge in [0.25, 0.3) is 5.91 Å². The minimum atomic E-state index is -0.142. The van der Waals surface area contributed by atoms with Crippen LogP contribution in [0.5, 0.6) is 0 Å². The highest BCUT2D eigenvalue weighted by molar-refractivity contribution is 5.84. The van der Waals surface area contributed by atoms with E-state index in [4.69, 9.17) is 0 Å². The van der Waals surface area contributed by atoms with Crippen molar-refractivity contribution in [1.82, 2.24) is 10.6 Å². The Morgan fingerprint density at radius 2 is 2.00 bits per heavy atom. The molecule has 1 aliphatic carbocycles. The van der Waals surface area contributed by atoms with Gasteiger partial charge in [0.15, 0.2) is 6.54 Å². The van der Waals surface area contributed by atoms with Gasteiger partial charge in [-0.15, -0.1) is 0 Å². The number of hydrogen-bond donors (Lipinski definition) is 3. The minimum Gasteiger partial charge on any atom is -0.355 e. The van der Waals surface area contributed by atoms with Gasteiger partial charge in [-0.05, 0) is 25.3 Å². The summed E-state index contributed by atoms with van der Waals surface area (Å²) >= 11 is 0. The molecule has 5 nitrogen and oxygen atoms in total. The van der Waals surface area contributed by atoms with Crippen molar-refractivity contribution in [3.8, 4) is 0 Å².